The van der Waals surface area contributed by atoms with Crippen molar-refractivity contribution in [3.8, 4) is 0 Å². The minimum Gasteiger partial charge on any atom is -0.294 e. The molecular weight excluding hydrogens is 278 g/mol. The summed E-state index contributed by atoms with van der Waals surface area (Å²) < 4.78 is 0. The van der Waals surface area contributed by atoms with Crippen LogP contribution in [0.25, 0.3) is 0 Å². The quantitative estimate of drug-likeness (QED) is 0.643. The lowest BCUT2D eigenvalue weighted by atomic mass is 10.0. The number of ketones is 1. The van der Waals surface area contributed by atoms with E-state index in [-0.39, 0.29) is 24.1 Å². The standard InChI is InChI=1S/C18H15NO3/c1-2-16(20)13-8-4-3-7-12(13)11-19-17(21)14-9-5-6-10-15(14)18(19)22/h3-10H,2,11H2,1H3. The number of Topliss-reactive ketones (excluding diaryl/α,β-unsaturated/α-hetero) is 1. The molecule has 0 spiro atoms. The Balaban J connectivity index is 1.95. The van der Waals surface area contributed by atoms with E-state index in [4.69, 9.17) is 0 Å². The van der Waals surface area contributed by atoms with E-state index in [0.29, 0.717) is 28.7 Å². The molecule has 1 heterocycles. The molecule has 0 fully saturated rings. The van der Waals surface area contributed by atoms with Gasteiger partial charge in [0.25, 0.3) is 11.8 Å². The summed E-state index contributed by atoms with van der Waals surface area (Å²) in [7, 11) is 0. The molecule has 0 radical (unpaired) electrons. The van der Waals surface area contributed by atoms with Gasteiger partial charge in [-0.1, -0.05) is 43.3 Å². The molecule has 0 atom stereocenters. The fraction of sp³-hybridized carbons (Fsp3) is 0.167. The van der Waals surface area contributed by atoms with Crippen molar-refractivity contribution in [3.63, 3.8) is 0 Å². The van der Waals surface area contributed by atoms with Crippen molar-refractivity contribution in [1.82, 2.24) is 4.90 Å². The lowest BCUT2D eigenvalue weighted by Crippen LogP contribution is -2.29. The van der Waals surface area contributed by atoms with Crippen LogP contribution in [-0.4, -0.2) is 22.5 Å². The number of fused-ring (bicyclic) bond motifs is 1. The number of hydrogen-bond acceptors (Lipinski definition) is 3. The number of rotatable bonds is 4. The number of benzene rings is 2. The molecule has 3 rings (SSSR count). The van der Waals surface area contributed by atoms with E-state index in [2.05, 4.69) is 0 Å². The van der Waals surface area contributed by atoms with Crippen LogP contribution in [0.5, 0.6) is 0 Å². The van der Waals surface area contributed by atoms with Crippen LogP contribution in [0.3, 0.4) is 0 Å². The third-order valence-corrected chi connectivity index (χ3v) is 3.85. The molecule has 4 heteroatoms. The maximum Gasteiger partial charge on any atom is 0.261 e. The SMILES string of the molecule is CCC(=O)c1ccccc1CN1C(=O)c2ccccc2C1=O. The predicted octanol–water partition coefficient (Wildman–Crippen LogP) is 3.08. The molecule has 2 aromatic carbocycles. The van der Waals surface area contributed by atoms with Gasteiger partial charge in [0.2, 0.25) is 0 Å². The first-order valence-electron chi connectivity index (χ1n) is 7.19. The first-order chi connectivity index (χ1) is 10.6. The van der Waals surface area contributed by atoms with Crippen molar-refractivity contribution >= 4 is 17.6 Å². The van der Waals surface area contributed by atoms with Crippen molar-refractivity contribution in [1.29, 1.82) is 0 Å². The lowest BCUT2D eigenvalue weighted by Gasteiger charge is -2.16. The van der Waals surface area contributed by atoms with Crippen molar-refractivity contribution in [2.45, 2.75) is 19.9 Å². The lowest BCUT2D eigenvalue weighted by molar-refractivity contribution is 0.0640. The minimum atomic E-state index is -0.306. The van der Waals surface area contributed by atoms with Gasteiger partial charge >= 0.3 is 0 Å². The van der Waals surface area contributed by atoms with Crippen LogP contribution in [0.15, 0.2) is 48.5 Å². The molecule has 0 saturated carbocycles. The van der Waals surface area contributed by atoms with E-state index in [0.717, 1.165) is 0 Å². The monoisotopic (exact) mass is 293 g/mol. The summed E-state index contributed by atoms with van der Waals surface area (Å²) >= 11 is 0. The number of hydrogen-bond donors (Lipinski definition) is 0. The molecule has 2 amide bonds. The van der Waals surface area contributed by atoms with Crippen molar-refractivity contribution in [2.24, 2.45) is 0 Å². The molecule has 0 saturated heterocycles. The van der Waals surface area contributed by atoms with Crippen LogP contribution in [0.4, 0.5) is 0 Å². The normalized spacial score (nSPS) is 13.4. The van der Waals surface area contributed by atoms with Crippen LogP contribution < -0.4 is 0 Å². The molecule has 4 nitrogen and oxygen atoms in total. The molecule has 0 bridgehead atoms. The van der Waals surface area contributed by atoms with Crippen molar-refractivity contribution in [3.05, 3.63) is 70.8 Å². The molecule has 1 aliphatic heterocycles. The van der Waals surface area contributed by atoms with E-state index < -0.39 is 0 Å². The van der Waals surface area contributed by atoms with E-state index in [1.165, 1.54) is 4.90 Å². The largest absolute Gasteiger partial charge is 0.294 e. The average molecular weight is 293 g/mol. The third kappa shape index (κ3) is 2.22. The Hall–Kier alpha value is -2.75. The van der Waals surface area contributed by atoms with Crippen LogP contribution in [0, 0.1) is 0 Å². The molecule has 2 aromatic rings. The van der Waals surface area contributed by atoms with E-state index in [1.54, 1.807) is 55.5 Å². The number of nitrogens with zero attached hydrogens (tertiary/aromatic N) is 1. The summed E-state index contributed by atoms with van der Waals surface area (Å²) in [5, 5.41) is 0. The summed E-state index contributed by atoms with van der Waals surface area (Å²) in [6.45, 7) is 1.91. The van der Waals surface area contributed by atoms with Gasteiger partial charge < -0.3 is 0 Å². The fourth-order valence-electron chi connectivity index (χ4n) is 2.67. The highest BCUT2D eigenvalue weighted by Gasteiger charge is 2.35. The van der Waals surface area contributed by atoms with Crippen molar-refractivity contribution < 1.29 is 14.4 Å². The van der Waals surface area contributed by atoms with Crippen molar-refractivity contribution in [2.75, 3.05) is 0 Å². The maximum absolute atomic E-state index is 12.4. The third-order valence-electron chi connectivity index (χ3n) is 3.85. The second-order valence-electron chi connectivity index (χ2n) is 5.18. The Kier molecular flexibility index (Phi) is 3.59. The molecule has 0 N–H and O–H groups in total. The summed E-state index contributed by atoms with van der Waals surface area (Å²) in [5.41, 5.74) is 2.11. The smallest absolute Gasteiger partial charge is 0.261 e. The van der Waals surface area contributed by atoms with Gasteiger partial charge in [-0.15, -0.1) is 0 Å². The second kappa shape index (κ2) is 5.56. The molecular formula is C18H15NO3. The van der Waals surface area contributed by atoms with E-state index >= 15 is 0 Å². The Bertz CT molecular complexity index is 744. The minimum absolute atomic E-state index is 0.00668. The zero-order valence-corrected chi connectivity index (χ0v) is 12.2. The van der Waals surface area contributed by atoms with Crippen LogP contribution in [-0.2, 0) is 6.54 Å². The first-order valence-corrected chi connectivity index (χ1v) is 7.19. The number of carbonyl (C=O) groups excluding carboxylic acids is 3. The van der Waals surface area contributed by atoms with Gasteiger partial charge in [-0.05, 0) is 17.7 Å². The van der Waals surface area contributed by atoms with Gasteiger partial charge in [0.05, 0.1) is 17.7 Å². The Morgan fingerprint density at radius 1 is 0.909 bits per heavy atom. The van der Waals surface area contributed by atoms with Gasteiger partial charge in [-0.25, -0.2) is 0 Å². The summed E-state index contributed by atoms with van der Waals surface area (Å²) in [6, 6.07) is 13.9. The molecule has 0 aromatic heterocycles. The Morgan fingerprint density at radius 2 is 1.45 bits per heavy atom. The van der Waals surface area contributed by atoms with Gasteiger partial charge in [0.1, 0.15) is 0 Å². The zero-order valence-electron chi connectivity index (χ0n) is 12.2. The molecule has 0 aliphatic carbocycles. The van der Waals surface area contributed by atoms with Gasteiger partial charge in [0, 0.05) is 12.0 Å². The summed E-state index contributed by atoms with van der Waals surface area (Å²) in [5.74, 6) is -0.606. The molecule has 22 heavy (non-hydrogen) atoms. The average Bonchev–Trinajstić information content (AvgIpc) is 2.80. The number of imide groups is 1. The molecule has 0 unspecified atom stereocenters. The summed E-state index contributed by atoms with van der Waals surface area (Å²) in [4.78, 5) is 38.0. The second-order valence-corrected chi connectivity index (χ2v) is 5.18. The van der Waals surface area contributed by atoms with Crippen LogP contribution >= 0.6 is 0 Å². The van der Waals surface area contributed by atoms with Crippen LogP contribution in [0.1, 0.15) is 50.0 Å². The number of amides is 2. The highest BCUT2D eigenvalue weighted by Crippen LogP contribution is 2.25. The topological polar surface area (TPSA) is 54.5 Å². The number of carbonyl (C=O) groups is 3. The molecule has 110 valence electrons. The van der Waals surface area contributed by atoms with Gasteiger partial charge in [0.15, 0.2) is 5.78 Å². The summed E-state index contributed by atoms with van der Waals surface area (Å²) in [6.07, 6.45) is 0.388. The zero-order chi connectivity index (χ0) is 15.7. The highest BCUT2D eigenvalue weighted by molar-refractivity contribution is 6.21. The first kappa shape index (κ1) is 14.2. The Labute approximate surface area is 128 Å². The van der Waals surface area contributed by atoms with E-state index in [9.17, 15) is 14.4 Å². The Morgan fingerprint density at radius 3 is 2.05 bits per heavy atom. The van der Waals surface area contributed by atoms with Gasteiger partial charge in [-0.3, -0.25) is 19.3 Å². The van der Waals surface area contributed by atoms with E-state index in [1.807, 2.05) is 0 Å². The maximum atomic E-state index is 12.4. The van der Waals surface area contributed by atoms with Gasteiger partial charge in [-0.2, -0.15) is 0 Å². The fourth-order valence-corrected chi connectivity index (χ4v) is 2.67. The predicted molar refractivity (Wildman–Crippen MR) is 81.7 cm³/mol. The highest BCUT2D eigenvalue weighted by atomic mass is 16.2. The van der Waals surface area contributed by atoms with Crippen LogP contribution in [0.2, 0.25) is 0 Å². The molecule has 1 aliphatic rings.